The van der Waals surface area contributed by atoms with Crippen LogP contribution in [-0.4, -0.2) is 6.08 Å². The van der Waals surface area contributed by atoms with Crippen LogP contribution in [0.2, 0.25) is 5.02 Å². The average molecular weight is 250 g/mol. The first-order valence-electron chi connectivity index (χ1n) is 5.97. The van der Waals surface area contributed by atoms with Crippen molar-refractivity contribution < 1.29 is 4.79 Å². The summed E-state index contributed by atoms with van der Waals surface area (Å²) in [6, 6.07) is 6.02. The fourth-order valence-electron chi connectivity index (χ4n) is 2.28. The van der Waals surface area contributed by atoms with Crippen molar-refractivity contribution >= 4 is 17.7 Å². The van der Waals surface area contributed by atoms with E-state index in [1.165, 1.54) is 5.56 Å². The van der Waals surface area contributed by atoms with Gasteiger partial charge in [-0.25, -0.2) is 4.79 Å². The molecule has 0 saturated heterocycles. The summed E-state index contributed by atoms with van der Waals surface area (Å²) >= 11 is 6.14. The zero-order chi connectivity index (χ0) is 12.5. The Kier molecular flexibility index (Phi) is 3.37. The molecule has 1 aliphatic rings. The van der Waals surface area contributed by atoms with Crippen molar-refractivity contribution in [2.45, 2.75) is 44.6 Å². The molecule has 0 N–H and O–H groups in total. The van der Waals surface area contributed by atoms with Crippen molar-refractivity contribution in [3.05, 3.63) is 34.3 Å². The van der Waals surface area contributed by atoms with Crippen LogP contribution in [0.15, 0.2) is 23.2 Å². The summed E-state index contributed by atoms with van der Waals surface area (Å²) in [5.41, 5.74) is 1.90. The summed E-state index contributed by atoms with van der Waals surface area (Å²) in [5.74, 6) is 0.421. The Bertz CT molecular complexity index is 471. The molecule has 0 aliphatic heterocycles. The highest BCUT2D eigenvalue weighted by Gasteiger charge is 2.39. The Morgan fingerprint density at radius 1 is 1.35 bits per heavy atom. The monoisotopic (exact) mass is 249 g/mol. The molecular formula is C14H16ClNO. The van der Waals surface area contributed by atoms with Gasteiger partial charge in [0.25, 0.3) is 0 Å². The molecule has 1 fully saturated rings. The van der Waals surface area contributed by atoms with Crippen LogP contribution in [0.5, 0.6) is 0 Å². The third kappa shape index (κ3) is 2.29. The Hall–Kier alpha value is -1.11. The molecule has 0 aromatic heterocycles. The fourth-order valence-corrected chi connectivity index (χ4v) is 2.52. The van der Waals surface area contributed by atoms with Gasteiger partial charge in [-0.2, -0.15) is 4.99 Å². The molecule has 0 spiro atoms. The maximum absolute atomic E-state index is 10.6. The quantitative estimate of drug-likeness (QED) is 0.584. The molecule has 1 aliphatic carbocycles. The third-order valence-corrected chi connectivity index (χ3v) is 3.78. The van der Waals surface area contributed by atoms with Crippen LogP contribution in [0.3, 0.4) is 0 Å². The van der Waals surface area contributed by atoms with Gasteiger partial charge in [0.1, 0.15) is 0 Å². The van der Waals surface area contributed by atoms with Crippen LogP contribution < -0.4 is 0 Å². The van der Waals surface area contributed by atoms with Gasteiger partial charge in [0.2, 0.25) is 6.08 Å². The van der Waals surface area contributed by atoms with Gasteiger partial charge in [0.15, 0.2) is 0 Å². The molecular weight excluding hydrogens is 234 g/mol. The van der Waals surface area contributed by atoms with Crippen molar-refractivity contribution in [2.75, 3.05) is 0 Å². The SMILES string of the molecule is CC(C)c1cc(Cl)cc(C2(N=C=O)CCC2)c1. The molecule has 0 heterocycles. The summed E-state index contributed by atoms with van der Waals surface area (Å²) in [5, 5.41) is 0.721. The van der Waals surface area contributed by atoms with Crippen LogP contribution in [0.25, 0.3) is 0 Å². The normalized spacial score (nSPS) is 17.4. The minimum absolute atomic E-state index is 0.351. The predicted molar refractivity (Wildman–Crippen MR) is 69.2 cm³/mol. The molecule has 0 radical (unpaired) electrons. The Morgan fingerprint density at radius 3 is 2.53 bits per heavy atom. The minimum Gasteiger partial charge on any atom is -0.211 e. The number of isocyanates is 1. The smallest absolute Gasteiger partial charge is 0.211 e. The molecule has 1 saturated carbocycles. The van der Waals surface area contributed by atoms with Gasteiger partial charge >= 0.3 is 0 Å². The predicted octanol–water partition coefficient (Wildman–Crippen LogP) is 4.18. The first-order chi connectivity index (χ1) is 8.07. The van der Waals surface area contributed by atoms with E-state index in [1.54, 1.807) is 6.08 Å². The molecule has 1 aromatic carbocycles. The summed E-state index contributed by atoms with van der Waals surface area (Å²) in [7, 11) is 0. The summed E-state index contributed by atoms with van der Waals surface area (Å²) in [4.78, 5) is 14.6. The summed E-state index contributed by atoms with van der Waals surface area (Å²) in [6.07, 6.45) is 4.65. The molecule has 0 bridgehead atoms. The highest BCUT2D eigenvalue weighted by Crippen LogP contribution is 2.45. The second-order valence-corrected chi connectivity index (χ2v) is 5.45. The number of benzene rings is 1. The minimum atomic E-state index is -0.351. The van der Waals surface area contributed by atoms with Crippen molar-refractivity contribution in [3.63, 3.8) is 0 Å². The number of aliphatic imine (C=N–C) groups is 1. The Labute approximate surface area is 107 Å². The molecule has 17 heavy (non-hydrogen) atoms. The van der Waals surface area contributed by atoms with E-state index in [1.807, 2.05) is 12.1 Å². The molecule has 2 nitrogen and oxygen atoms in total. The van der Waals surface area contributed by atoms with Gasteiger partial charge in [-0.3, -0.25) is 0 Å². The highest BCUT2D eigenvalue weighted by atomic mass is 35.5. The van der Waals surface area contributed by atoms with E-state index < -0.39 is 0 Å². The van der Waals surface area contributed by atoms with Crippen LogP contribution in [0.4, 0.5) is 0 Å². The molecule has 2 rings (SSSR count). The molecule has 3 heteroatoms. The third-order valence-electron chi connectivity index (χ3n) is 3.56. The Morgan fingerprint density at radius 2 is 2.06 bits per heavy atom. The zero-order valence-corrected chi connectivity index (χ0v) is 10.9. The van der Waals surface area contributed by atoms with E-state index in [-0.39, 0.29) is 5.54 Å². The maximum Gasteiger partial charge on any atom is 0.235 e. The highest BCUT2D eigenvalue weighted by molar-refractivity contribution is 6.30. The molecule has 90 valence electrons. The largest absolute Gasteiger partial charge is 0.235 e. The second-order valence-electron chi connectivity index (χ2n) is 5.02. The van der Waals surface area contributed by atoms with Gasteiger partial charge in [-0.05, 0) is 48.4 Å². The Balaban J connectivity index is 2.47. The first kappa shape index (κ1) is 12.3. The molecule has 1 aromatic rings. The maximum atomic E-state index is 10.6. The lowest BCUT2D eigenvalue weighted by Gasteiger charge is -2.37. The summed E-state index contributed by atoms with van der Waals surface area (Å²) < 4.78 is 0. The molecule has 0 amide bonds. The van der Waals surface area contributed by atoms with Crippen molar-refractivity contribution in [3.8, 4) is 0 Å². The van der Waals surface area contributed by atoms with Gasteiger partial charge in [-0.1, -0.05) is 31.5 Å². The number of hydrogen-bond acceptors (Lipinski definition) is 2. The first-order valence-corrected chi connectivity index (χ1v) is 6.35. The standard InChI is InChI=1S/C14H16ClNO/c1-10(2)11-6-12(8-13(15)7-11)14(16-9-17)4-3-5-14/h6-8,10H,3-5H2,1-2H3. The van der Waals surface area contributed by atoms with Gasteiger partial charge < -0.3 is 0 Å². The van der Waals surface area contributed by atoms with Gasteiger partial charge in [0.05, 0.1) is 5.54 Å². The van der Waals surface area contributed by atoms with E-state index in [9.17, 15) is 4.79 Å². The molecule has 0 atom stereocenters. The number of carbonyl (C=O) groups excluding carboxylic acids is 1. The number of nitrogens with zero attached hydrogens (tertiary/aromatic N) is 1. The molecule has 0 unspecified atom stereocenters. The lowest BCUT2D eigenvalue weighted by atomic mass is 9.72. The van der Waals surface area contributed by atoms with E-state index in [2.05, 4.69) is 24.9 Å². The number of rotatable bonds is 3. The van der Waals surface area contributed by atoms with Crippen LogP contribution in [0, 0.1) is 0 Å². The van der Waals surface area contributed by atoms with Gasteiger partial charge in [-0.15, -0.1) is 0 Å². The lowest BCUT2D eigenvalue weighted by Crippen LogP contribution is -2.32. The zero-order valence-electron chi connectivity index (χ0n) is 10.2. The van der Waals surface area contributed by atoms with E-state index in [0.717, 1.165) is 29.8 Å². The topological polar surface area (TPSA) is 29.4 Å². The van der Waals surface area contributed by atoms with Crippen LogP contribution >= 0.6 is 11.6 Å². The van der Waals surface area contributed by atoms with Crippen LogP contribution in [0.1, 0.15) is 50.2 Å². The average Bonchev–Trinajstić information content (AvgIpc) is 2.22. The fraction of sp³-hybridized carbons (Fsp3) is 0.500. The summed E-state index contributed by atoms with van der Waals surface area (Å²) in [6.45, 7) is 4.26. The van der Waals surface area contributed by atoms with Gasteiger partial charge in [0, 0.05) is 5.02 Å². The second kappa shape index (κ2) is 4.64. The lowest BCUT2D eigenvalue weighted by molar-refractivity contribution is 0.256. The van der Waals surface area contributed by atoms with Crippen molar-refractivity contribution in [1.29, 1.82) is 0 Å². The van der Waals surface area contributed by atoms with Crippen molar-refractivity contribution in [1.82, 2.24) is 0 Å². The van der Waals surface area contributed by atoms with E-state index >= 15 is 0 Å². The number of hydrogen-bond donors (Lipinski definition) is 0. The van der Waals surface area contributed by atoms with Crippen LogP contribution in [-0.2, 0) is 10.3 Å². The van der Waals surface area contributed by atoms with E-state index in [4.69, 9.17) is 11.6 Å². The van der Waals surface area contributed by atoms with Crippen molar-refractivity contribution in [2.24, 2.45) is 4.99 Å². The van der Waals surface area contributed by atoms with E-state index in [0.29, 0.717) is 5.92 Å². The number of halogens is 1.